The second kappa shape index (κ2) is 4.59. The van der Waals surface area contributed by atoms with Crippen LogP contribution in [-0.4, -0.2) is 23.3 Å². The molecule has 0 spiro atoms. The van der Waals surface area contributed by atoms with E-state index in [-0.39, 0.29) is 5.56 Å². The molecule has 0 unspecified atom stereocenters. The third-order valence-electron chi connectivity index (χ3n) is 2.41. The number of para-hydroxylation sites is 1. The first kappa shape index (κ1) is 11.0. The molecule has 0 atom stereocenters. The van der Waals surface area contributed by atoms with Crippen molar-refractivity contribution in [2.45, 2.75) is 6.54 Å². The van der Waals surface area contributed by atoms with Crippen molar-refractivity contribution in [1.29, 1.82) is 0 Å². The number of nitrogens with zero attached hydrogens (tertiary/aromatic N) is 1. The summed E-state index contributed by atoms with van der Waals surface area (Å²) in [5.41, 5.74) is 0.697. The maximum atomic E-state index is 12.1. The predicted molar refractivity (Wildman–Crippen MR) is 65.3 cm³/mol. The first-order valence-electron chi connectivity index (χ1n) is 4.95. The van der Waals surface area contributed by atoms with E-state index in [1.807, 2.05) is 18.2 Å². The second-order valence-electron chi connectivity index (χ2n) is 3.43. The largest absolute Gasteiger partial charge is 0.383 e. The van der Waals surface area contributed by atoms with Crippen molar-refractivity contribution in [3.63, 3.8) is 0 Å². The highest BCUT2D eigenvalue weighted by molar-refractivity contribution is 7.71. The zero-order valence-corrected chi connectivity index (χ0v) is 9.71. The van der Waals surface area contributed by atoms with E-state index in [2.05, 4.69) is 4.98 Å². The summed E-state index contributed by atoms with van der Waals surface area (Å²) >= 11 is 5.13. The Morgan fingerprint density at radius 3 is 2.94 bits per heavy atom. The molecule has 84 valence electrons. The van der Waals surface area contributed by atoms with Crippen LogP contribution in [0.2, 0.25) is 0 Å². The highest BCUT2D eigenvalue weighted by Crippen LogP contribution is 2.05. The van der Waals surface area contributed by atoms with Gasteiger partial charge in [0.15, 0.2) is 4.77 Å². The molecule has 1 aromatic carbocycles. The monoisotopic (exact) mass is 236 g/mol. The third-order valence-corrected chi connectivity index (χ3v) is 2.73. The van der Waals surface area contributed by atoms with Gasteiger partial charge < -0.3 is 9.72 Å². The van der Waals surface area contributed by atoms with E-state index in [1.54, 1.807) is 13.2 Å². The molecule has 2 rings (SSSR count). The van der Waals surface area contributed by atoms with Gasteiger partial charge in [0.25, 0.3) is 5.56 Å². The average molecular weight is 236 g/mol. The maximum Gasteiger partial charge on any atom is 0.262 e. The zero-order chi connectivity index (χ0) is 11.5. The fourth-order valence-corrected chi connectivity index (χ4v) is 1.87. The summed E-state index contributed by atoms with van der Waals surface area (Å²) in [6.07, 6.45) is 0. The number of rotatable bonds is 3. The van der Waals surface area contributed by atoms with Crippen molar-refractivity contribution in [2.75, 3.05) is 13.7 Å². The lowest BCUT2D eigenvalue weighted by atomic mass is 10.2. The van der Waals surface area contributed by atoms with Crippen molar-refractivity contribution in [3.8, 4) is 0 Å². The Morgan fingerprint density at radius 2 is 2.19 bits per heavy atom. The summed E-state index contributed by atoms with van der Waals surface area (Å²) in [6, 6.07) is 7.33. The molecule has 0 fully saturated rings. The summed E-state index contributed by atoms with van der Waals surface area (Å²) in [4.78, 5) is 15.1. The van der Waals surface area contributed by atoms with Gasteiger partial charge in [-0.3, -0.25) is 9.36 Å². The van der Waals surface area contributed by atoms with Crippen molar-refractivity contribution in [1.82, 2.24) is 9.55 Å². The van der Waals surface area contributed by atoms with Gasteiger partial charge >= 0.3 is 0 Å². The minimum absolute atomic E-state index is 0.0728. The van der Waals surface area contributed by atoms with Crippen LogP contribution < -0.4 is 5.56 Å². The summed E-state index contributed by atoms with van der Waals surface area (Å²) in [6.45, 7) is 0.936. The second-order valence-corrected chi connectivity index (χ2v) is 3.81. The minimum Gasteiger partial charge on any atom is -0.383 e. The number of ether oxygens (including phenoxy) is 1. The van der Waals surface area contributed by atoms with Crippen LogP contribution in [0.25, 0.3) is 10.9 Å². The predicted octanol–water partition coefficient (Wildman–Crippen LogP) is 1.71. The van der Waals surface area contributed by atoms with E-state index >= 15 is 0 Å². The normalized spacial score (nSPS) is 10.8. The number of aromatic amines is 1. The molecular formula is C11H12N2O2S. The lowest BCUT2D eigenvalue weighted by Crippen LogP contribution is -2.24. The van der Waals surface area contributed by atoms with E-state index in [9.17, 15) is 4.79 Å². The number of hydrogen-bond donors (Lipinski definition) is 1. The van der Waals surface area contributed by atoms with Gasteiger partial charge in [-0.2, -0.15) is 0 Å². The third kappa shape index (κ3) is 1.91. The Bertz CT molecular complexity index is 615. The standard InChI is InChI=1S/C11H12N2O2S/c1-15-7-6-13-10(14)8-4-2-3-5-9(8)12-11(13)16/h2-5H,6-7H2,1H3,(H,12,16). The van der Waals surface area contributed by atoms with Crippen molar-refractivity contribution in [2.24, 2.45) is 0 Å². The van der Waals surface area contributed by atoms with E-state index in [0.29, 0.717) is 23.3 Å². The molecule has 0 aliphatic rings. The molecule has 1 N–H and O–H groups in total. The molecule has 1 aromatic heterocycles. The molecule has 0 amide bonds. The number of H-pyrrole nitrogens is 1. The molecule has 0 bridgehead atoms. The van der Waals surface area contributed by atoms with Crippen LogP contribution in [0.15, 0.2) is 29.1 Å². The van der Waals surface area contributed by atoms with Crippen LogP contribution in [0.1, 0.15) is 0 Å². The summed E-state index contributed by atoms with van der Waals surface area (Å²) in [5.74, 6) is 0. The number of aromatic nitrogens is 2. The quantitative estimate of drug-likeness (QED) is 0.825. The molecule has 0 aliphatic heterocycles. The molecule has 4 nitrogen and oxygen atoms in total. The molecule has 5 heteroatoms. The minimum atomic E-state index is -0.0728. The first-order chi connectivity index (χ1) is 7.74. The summed E-state index contributed by atoms with van der Waals surface area (Å²) in [5, 5.41) is 0.646. The van der Waals surface area contributed by atoms with Crippen LogP contribution in [0.4, 0.5) is 0 Å². The maximum absolute atomic E-state index is 12.1. The number of nitrogens with one attached hydrogen (secondary N) is 1. The van der Waals surface area contributed by atoms with Gasteiger partial charge in [0.2, 0.25) is 0 Å². The zero-order valence-electron chi connectivity index (χ0n) is 8.90. The molecule has 2 aromatic rings. The van der Waals surface area contributed by atoms with Crippen LogP contribution >= 0.6 is 12.2 Å². The number of fused-ring (bicyclic) bond motifs is 1. The van der Waals surface area contributed by atoms with E-state index in [0.717, 1.165) is 5.52 Å². The topological polar surface area (TPSA) is 47.0 Å². The van der Waals surface area contributed by atoms with Gasteiger partial charge in [0.05, 0.1) is 24.1 Å². The molecule has 0 aliphatic carbocycles. The molecular weight excluding hydrogens is 224 g/mol. The van der Waals surface area contributed by atoms with Crippen LogP contribution in [0.5, 0.6) is 0 Å². The fourth-order valence-electron chi connectivity index (χ4n) is 1.58. The van der Waals surface area contributed by atoms with Gasteiger partial charge in [-0.25, -0.2) is 0 Å². The number of hydrogen-bond acceptors (Lipinski definition) is 3. The molecule has 0 saturated heterocycles. The highest BCUT2D eigenvalue weighted by atomic mass is 32.1. The Morgan fingerprint density at radius 1 is 1.44 bits per heavy atom. The van der Waals surface area contributed by atoms with Gasteiger partial charge in [0, 0.05) is 7.11 Å². The van der Waals surface area contributed by atoms with Crippen molar-refractivity contribution in [3.05, 3.63) is 39.4 Å². The molecule has 1 heterocycles. The number of methoxy groups -OCH3 is 1. The Kier molecular flexibility index (Phi) is 3.17. The van der Waals surface area contributed by atoms with Crippen molar-refractivity contribution >= 4 is 23.1 Å². The Balaban J connectivity index is 2.66. The van der Waals surface area contributed by atoms with Gasteiger partial charge in [-0.1, -0.05) is 12.1 Å². The lowest BCUT2D eigenvalue weighted by Gasteiger charge is -2.06. The molecule has 16 heavy (non-hydrogen) atoms. The van der Waals surface area contributed by atoms with Crippen LogP contribution in [0, 0.1) is 4.77 Å². The van der Waals surface area contributed by atoms with Gasteiger partial charge in [-0.05, 0) is 24.4 Å². The smallest absolute Gasteiger partial charge is 0.262 e. The Labute approximate surface area is 97.5 Å². The van der Waals surface area contributed by atoms with E-state index < -0.39 is 0 Å². The Hall–Kier alpha value is -1.46. The van der Waals surface area contributed by atoms with Crippen molar-refractivity contribution < 1.29 is 4.74 Å². The fraction of sp³-hybridized carbons (Fsp3) is 0.273. The van der Waals surface area contributed by atoms with Gasteiger partial charge in [0.1, 0.15) is 0 Å². The molecule has 0 radical (unpaired) electrons. The number of benzene rings is 1. The van der Waals surface area contributed by atoms with Crippen LogP contribution in [-0.2, 0) is 11.3 Å². The van der Waals surface area contributed by atoms with E-state index in [4.69, 9.17) is 17.0 Å². The summed E-state index contributed by atoms with van der Waals surface area (Å²) in [7, 11) is 1.60. The average Bonchev–Trinajstić information content (AvgIpc) is 2.29. The lowest BCUT2D eigenvalue weighted by molar-refractivity contribution is 0.185. The van der Waals surface area contributed by atoms with Gasteiger partial charge in [-0.15, -0.1) is 0 Å². The van der Waals surface area contributed by atoms with E-state index in [1.165, 1.54) is 4.57 Å². The van der Waals surface area contributed by atoms with Crippen LogP contribution in [0.3, 0.4) is 0 Å². The first-order valence-corrected chi connectivity index (χ1v) is 5.35. The SMILES string of the molecule is COCCn1c(=S)[nH]c2ccccc2c1=O. The molecule has 0 saturated carbocycles. The highest BCUT2D eigenvalue weighted by Gasteiger charge is 2.03. The summed E-state index contributed by atoms with van der Waals surface area (Å²) < 4.78 is 6.89.